The molecule has 0 saturated carbocycles. The van der Waals surface area contributed by atoms with E-state index in [1.165, 1.54) is 0 Å². The zero-order valence-electron chi connectivity index (χ0n) is 11.2. The molecule has 7 heteroatoms. The first-order valence-corrected chi connectivity index (χ1v) is 5.73. The molecule has 0 aliphatic carbocycles. The second kappa shape index (κ2) is 7.52. The summed E-state index contributed by atoms with van der Waals surface area (Å²) >= 11 is 0. The summed E-state index contributed by atoms with van der Waals surface area (Å²) < 4.78 is 0. The van der Waals surface area contributed by atoms with E-state index in [1.807, 2.05) is 0 Å². The zero-order chi connectivity index (χ0) is 15.0. The van der Waals surface area contributed by atoms with E-state index in [-0.39, 0.29) is 18.2 Å². The molecule has 1 aromatic carbocycles. The van der Waals surface area contributed by atoms with Crippen molar-refractivity contribution in [2.45, 2.75) is 0 Å². The molecule has 7 nitrogen and oxygen atoms in total. The smallest absolute Gasteiger partial charge is 0.238 e. The summed E-state index contributed by atoms with van der Waals surface area (Å²) in [7, 11) is 3.61. The van der Waals surface area contributed by atoms with Gasteiger partial charge in [-0.25, -0.2) is 0 Å². The van der Waals surface area contributed by atoms with E-state index in [0.717, 1.165) is 0 Å². The fourth-order valence-electron chi connectivity index (χ4n) is 1.35. The van der Waals surface area contributed by atoms with E-state index in [4.69, 9.17) is 10.5 Å². The van der Waals surface area contributed by atoms with Crippen molar-refractivity contribution in [2.24, 2.45) is 5.10 Å². The number of hydrazone groups is 1. The van der Waals surface area contributed by atoms with Gasteiger partial charge in [0.15, 0.2) is 0 Å². The fraction of sp³-hybridized carbons (Fsp3) is 0.231. The lowest BCUT2D eigenvalue weighted by atomic mass is 10.3. The molecule has 1 rings (SSSR count). The second-order valence-corrected chi connectivity index (χ2v) is 4.16. The van der Waals surface area contributed by atoms with Gasteiger partial charge in [-0.2, -0.15) is 15.6 Å². The molecule has 0 heterocycles. The maximum atomic E-state index is 11.6. The Bertz CT molecular complexity index is 578. The van der Waals surface area contributed by atoms with Crippen molar-refractivity contribution in [3.8, 4) is 12.1 Å². The summed E-state index contributed by atoms with van der Waals surface area (Å²) in [5.74, 6) is -0.134. The van der Waals surface area contributed by atoms with Crippen molar-refractivity contribution in [2.75, 3.05) is 31.4 Å². The maximum absolute atomic E-state index is 11.6. The molecule has 0 bridgehead atoms. The Kier molecular flexibility index (Phi) is 5.70. The normalized spacial score (nSPS) is 9.25. The highest BCUT2D eigenvalue weighted by atomic mass is 16.2. The van der Waals surface area contributed by atoms with Crippen molar-refractivity contribution in [3.05, 3.63) is 24.3 Å². The number of benzene rings is 1. The van der Waals surface area contributed by atoms with Crippen molar-refractivity contribution in [1.82, 2.24) is 4.90 Å². The minimum absolute atomic E-state index is 0.134. The first kappa shape index (κ1) is 15.2. The van der Waals surface area contributed by atoms with Crippen LogP contribution >= 0.6 is 0 Å². The van der Waals surface area contributed by atoms with Crippen LogP contribution in [0.25, 0.3) is 0 Å². The monoisotopic (exact) mass is 270 g/mol. The molecule has 102 valence electrons. The van der Waals surface area contributed by atoms with Gasteiger partial charge < -0.3 is 10.2 Å². The fourth-order valence-corrected chi connectivity index (χ4v) is 1.35. The van der Waals surface area contributed by atoms with E-state index < -0.39 is 0 Å². The average molecular weight is 270 g/mol. The highest BCUT2D eigenvalue weighted by Gasteiger charge is 2.04. The van der Waals surface area contributed by atoms with Gasteiger partial charge in [-0.1, -0.05) is 6.07 Å². The molecule has 1 aromatic rings. The van der Waals surface area contributed by atoms with E-state index in [2.05, 4.69) is 15.8 Å². The molecule has 20 heavy (non-hydrogen) atoms. The van der Waals surface area contributed by atoms with E-state index in [1.54, 1.807) is 55.4 Å². The molecule has 0 saturated heterocycles. The maximum Gasteiger partial charge on any atom is 0.238 e. The van der Waals surface area contributed by atoms with Crippen LogP contribution in [0.2, 0.25) is 0 Å². The van der Waals surface area contributed by atoms with Crippen molar-refractivity contribution < 1.29 is 4.79 Å². The molecular weight excluding hydrogens is 256 g/mol. The lowest BCUT2D eigenvalue weighted by Crippen LogP contribution is -2.27. The Labute approximate surface area is 117 Å². The summed E-state index contributed by atoms with van der Waals surface area (Å²) in [6.45, 7) is 0.281. The minimum atomic E-state index is -0.271. The summed E-state index contributed by atoms with van der Waals surface area (Å²) in [6, 6.07) is 10.1. The van der Waals surface area contributed by atoms with Crippen LogP contribution in [0.3, 0.4) is 0 Å². The van der Waals surface area contributed by atoms with Crippen LogP contribution in [0.15, 0.2) is 29.4 Å². The predicted molar refractivity (Wildman–Crippen MR) is 75.9 cm³/mol. The van der Waals surface area contributed by atoms with Gasteiger partial charge >= 0.3 is 0 Å². The van der Waals surface area contributed by atoms with Crippen LogP contribution in [0.1, 0.15) is 0 Å². The van der Waals surface area contributed by atoms with Crippen LogP contribution in [-0.4, -0.2) is 37.2 Å². The van der Waals surface area contributed by atoms with E-state index >= 15 is 0 Å². The lowest BCUT2D eigenvalue weighted by Gasteiger charge is -2.10. The number of nitrogens with zero attached hydrogens (tertiary/aromatic N) is 4. The van der Waals surface area contributed by atoms with Crippen molar-refractivity contribution in [3.63, 3.8) is 0 Å². The Morgan fingerprint density at radius 2 is 1.95 bits per heavy atom. The second-order valence-electron chi connectivity index (χ2n) is 4.16. The first-order chi connectivity index (χ1) is 9.55. The first-order valence-electron chi connectivity index (χ1n) is 5.73. The Balaban J connectivity index is 2.72. The molecule has 0 atom stereocenters. The van der Waals surface area contributed by atoms with Gasteiger partial charge in [0.05, 0.1) is 12.2 Å². The Morgan fingerprint density at radius 1 is 1.30 bits per heavy atom. The quantitative estimate of drug-likeness (QED) is 0.613. The Morgan fingerprint density at radius 3 is 2.55 bits per heavy atom. The van der Waals surface area contributed by atoms with Gasteiger partial charge in [-0.15, -0.1) is 0 Å². The van der Waals surface area contributed by atoms with E-state index in [0.29, 0.717) is 11.4 Å². The summed E-state index contributed by atoms with van der Waals surface area (Å²) in [4.78, 5) is 13.4. The number of hydrogen-bond donors (Lipinski definition) is 2. The van der Waals surface area contributed by atoms with Gasteiger partial charge in [0.1, 0.15) is 12.1 Å². The Hall–Kier alpha value is -2.90. The largest absolute Gasteiger partial charge is 0.325 e. The van der Waals surface area contributed by atoms with Gasteiger partial charge in [0, 0.05) is 5.69 Å². The topological polar surface area (TPSA) is 104 Å². The number of nitriles is 2. The molecule has 0 aromatic heterocycles. The number of carbonyl (C=O) groups excluding carboxylic acids is 1. The van der Waals surface area contributed by atoms with Crippen LogP contribution < -0.4 is 10.7 Å². The van der Waals surface area contributed by atoms with Gasteiger partial charge in [-0.3, -0.25) is 10.2 Å². The van der Waals surface area contributed by atoms with Crippen LogP contribution in [0, 0.1) is 22.7 Å². The third-order valence-electron chi connectivity index (χ3n) is 2.11. The third kappa shape index (κ3) is 5.17. The third-order valence-corrected chi connectivity index (χ3v) is 2.11. The standard InChI is InChI=1S/C13H14N6O/c1-19(2)9-13(20)16-10-4-3-5-11(6-10)17-18-12(7-14)8-15/h3-6,17H,9H2,1-2H3,(H,16,20). The van der Waals surface area contributed by atoms with Crippen LogP contribution in [0.4, 0.5) is 11.4 Å². The molecule has 0 radical (unpaired) electrons. The van der Waals surface area contributed by atoms with Gasteiger partial charge in [-0.05, 0) is 32.3 Å². The zero-order valence-corrected chi connectivity index (χ0v) is 11.2. The SMILES string of the molecule is CN(C)CC(=O)Nc1cccc(NN=C(C#N)C#N)c1. The summed E-state index contributed by atoms with van der Waals surface area (Å²) in [5, 5.41) is 23.5. The van der Waals surface area contributed by atoms with Crippen molar-refractivity contribution in [1.29, 1.82) is 10.5 Å². The number of anilines is 2. The van der Waals surface area contributed by atoms with Crippen molar-refractivity contribution >= 4 is 23.0 Å². The molecule has 0 fully saturated rings. The van der Waals surface area contributed by atoms with Gasteiger partial charge in [0.25, 0.3) is 0 Å². The minimum Gasteiger partial charge on any atom is -0.325 e. The summed E-state index contributed by atoms with van der Waals surface area (Å²) in [6.07, 6.45) is 0. The molecule has 2 N–H and O–H groups in total. The number of hydrogen-bond acceptors (Lipinski definition) is 6. The highest BCUT2D eigenvalue weighted by molar-refractivity contribution is 6.10. The number of amides is 1. The molecule has 0 aliphatic rings. The molecule has 0 aliphatic heterocycles. The lowest BCUT2D eigenvalue weighted by molar-refractivity contribution is -0.116. The van der Waals surface area contributed by atoms with Gasteiger partial charge in [0.2, 0.25) is 11.6 Å². The molecular formula is C13H14N6O. The van der Waals surface area contributed by atoms with Crippen LogP contribution in [-0.2, 0) is 4.79 Å². The number of rotatable bonds is 5. The molecule has 1 amide bonds. The van der Waals surface area contributed by atoms with Crippen LogP contribution in [0.5, 0.6) is 0 Å². The predicted octanol–water partition coefficient (Wildman–Crippen LogP) is 1.00. The highest BCUT2D eigenvalue weighted by Crippen LogP contribution is 2.15. The summed E-state index contributed by atoms with van der Waals surface area (Å²) in [5.41, 5.74) is 3.48. The van der Waals surface area contributed by atoms with E-state index in [9.17, 15) is 4.79 Å². The molecule has 0 spiro atoms. The molecule has 0 unspecified atom stereocenters. The number of likely N-dealkylation sites (N-methyl/N-ethyl adjacent to an activating group) is 1. The number of nitrogens with one attached hydrogen (secondary N) is 2. The average Bonchev–Trinajstić information content (AvgIpc) is 2.39. The number of carbonyl (C=O) groups is 1.